The molecule has 1 fully saturated rings. The number of anilines is 2. The zero-order valence-electron chi connectivity index (χ0n) is 19.8. The van der Waals surface area contributed by atoms with Gasteiger partial charge in [0.2, 0.25) is 0 Å². The SMILES string of the molecule is CCNC(=NCc1ccc(N2CCC(CO)CC2)cc1)Nc1ccc(OC)c(OCC)c1.I. The molecule has 8 heteroatoms. The molecule has 0 atom stereocenters. The third kappa shape index (κ3) is 7.96. The van der Waals surface area contributed by atoms with Crippen LogP contribution in [0.25, 0.3) is 0 Å². The van der Waals surface area contributed by atoms with Crippen molar-refractivity contribution in [2.45, 2.75) is 33.2 Å². The average Bonchev–Trinajstić information content (AvgIpc) is 2.83. The Morgan fingerprint density at radius 3 is 2.42 bits per heavy atom. The maximum atomic E-state index is 9.33. The Kier molecular flexibility index (Phi) is 11.6. The summed E-state index contributed by atoms with van der Waals surface area (Å²) in [5.41, 5.74) is 3.28. The smallest absolute Gasteiger partial charge is 0.196 e. The van der Waals surface area contributed by atoms with Crippen LogP contribution in [0, 0.1) is 5.92 Å². The van der Waals surface area contributed by atoms with Crippen molar-refractivity contribution < 1.29 is 14.6 Å². The third-order valence-corrected chi connectivity index (χ3v) is 5.66. The Bertz CT molecular complexity index is 868. The highest BCUT2D eigenvalue weighted by molar-refractivity contribution is 14.0. The Morgan fingerprint density at radius 1 is 1.09 bits per heavy atom. The van der Waals surface area contributed by atoms with Crippen LogP contribution in [0.2, 0.25) is 0 Å². The second kappa shape index (κ2) is 14.1. The van der Waals surface area contributed by atoms with Crippen LogP contribution in [0.4, 0.5) is 11.4 Å². The second-order valence-corrected chi connectivity index (χ2v) is 7.90. The van der Waals surface area contributed by atoms with E-state index in [1.807, 2.05) is 32.0 Å². The van der Waals surface area contributed by atoms with Gasteiger partial charge in [-0.25, -0.2) is 4.99 Å². The quantitative estimate of drug-likeness (QED) is 0.235. The van der Waals surface area contributed by atoms with E-state index in [2.05, 4.69) is 39.8 Å². The van der Waals surface area contributed by atoms with Gasteiger partial charge in [0.15, 0.2) is 17.5 Å². The van der Waals surface area contributed by atoms with Crippen molar-refractivity contribution in [1.29, 1.82) is 0 Å². The van der Waals surface area contributed by atoms with E-state index in [9.17, 15) is 5.11 Å². The molecular formula is C25H37IN4O3. The lowest BCUT2D eigenvalue weighted by molar-refractivity contribution is 0.203. The minimum absolute atomic E-state index is 0. The number of aliphatic imine (C=N–C) groups is 1. The van der Waals surface area contributed by atoms with Crippen LogP contribution >= 0.6 is 24.0 Å². The lowest BCUT2D eigenvalue weighted by Crippen LogP contribution is -2.34. The summed E-state index contributed by atoms with van der Waals surface area (Å²) < 4.78 is 11.0. The molecule has 33 heavy (non-hydrogen) atoms. The minimum atomic E-state index is 0. The van der Waals surface area contributed by atoms with E-state index < -0.39 is 0 Å². The summed E-state index contributed by atoms with van der Waals surface area (Å²) in [6.45, 7) is 8.23. The summed E-state index contributed by atoms with van der Waals surface area (Å²) >= 11 is 0. The minimum Gasteiger partial charge on any atom is -0.493 e. The van der Waals surface area contributed by atoms with Crippen molar-refractivity contribution in [1.82, 2.24) is 5.32 Å². The van der Waals surface area contributed by atoms with Gasteiger partial charge < -0.3 is 30.1 Å². The molecule has 1 aliphatic rings. The van der Waals surface area contributed by atoms with E-state index in [4.69, 9.17) is 14.5 Å². The van der Waals surface area contributed by atoms with Crippen molar-refractivity contribution >= 4 is 41.3 Å². The molecule has 0 amide bonds. The van der Waals surface area contributed by atoms with Crippen LogP contribution in [0.3, 0.4) is 0 Å². The van der Waals surface area contributed by atoms with Gasteiger partial charge >= 0.3 is 0 Å². The average molecular weight is 569 g/mol. The fraction of sp³-hybridized carbons (Fsp3) is 0.480. The fourth-order valence-corrected chi connectivity index (χ4v) is 3.82. The zero-order chi connectivity index (χ0) is 22.8. The molecule has 2 aromatic rings. The number of rotatable bonds is 9. The topological polar surface area (TPSA) is 78.4 Å². The molecule has 0 aromatic heterocycles. The van der Waals surface area contributed by atoms with E-state index in [0.29, 0.717) is 37.2 Å². The van der Waals surface area contributed by atoms with E-state index >= 15 is 0 Å². The maximum Gasteiger partial charge on any atom is 0.196 e. The first-order valence-electron chi connectivity index (χ1n) is 11.5. The van der Waals surface area contributed by atoms with Gasteiger partial charge in [0.25, 0.3) is 0 Å². The largest absolute Gasteiger partial charge is 0.493 e. The number of aliphatic hydroxyl groups is 1. The second-order valence-electron chi connectivity index (χ2n) is 7.90. The number of aliphatic hydroxyl groups excluding tert-OH is 1. The Labute approximate surface area is 214 Å². The molecule has 1 aliphatic heterocycles. The number of nitrogens with zero attached hydrogens (tertiary/aromatic N) is 2. The summed E-state index contributed by atoms with van der Waals surface area (Å²) in [6, 6.07) is 14.4. The molecule has 3 N–H and O–H groups in total. The number of piperidine rings is 1. The van der Waals surface area contributed by atoms with Gasteiger partial charge in [-0.15, -0.1) is 24.0 Å². The first kappa shape index (κ1) is 27.0. The highest BCUT2D eigenvalue weighted by Crippen LogP contribution is 2.30. The standard InChI is InChI=1S/C25H36N4O3.HI/c1-4-26-25(28-21-8-11-23(31-3)24(16-21)32-5-2)27-17-19-6-9-22(10-7-19)29-14-12-20(18-30)13-15-29;/h6-11,16,20,30H,4-5,12-15,17-18H2,1-3H3,(H2,26,27,28);1H. The monoisotopic (exact) mass is 568 g/mol. The van der Waals surface area contributed by atoms with Crippen LogP contribution < -0.4 is 25.0 Å². The van der Waals surface area contributed by atoms with E-state index in [-0.39, 0.29) is 24.0 Å². The molecule has 3 rings (SSSR count). The van der Waals surface area contributed by atoms with Gasteiger partial charge in [-0.1, -0.05) is 12.1 Å². The Balaban J connectivity index is 0.00000385. The van der Waals surface area contributed by atoms with E-state index in [1.165, 1.54) is 5.69 Å². The molecule has 7 nitrogen and oxygen atoms in total. The van der Waals surface area contributed by atoms with Crippen molar-refractivity contribution in [2.75, 3.05) is 50.2 Å². The van der Waals surface area contributed by atoms with Gasteiger partial charge in [0.05, 0.1) is 20.3 Å². The molecular weight excluding hydrogens is 531 g/mol. The van der Waals surface area contributed by atoms with Crippen molar-refractivity contribution in [3.05, 3.63) is 48.0 Å². The number of hydrogen-bond donors (Lipinski definition) is 3. The Morgan fingerprint density at radius 2 is 1.82 bits per heavy atom. The van der Waals surface area contributed by atoms with E-state index in [0.717, 1.165) is 49.7 Å². The highest BCUT2D eigenvalue weighted by atomic mass is 127. The zero-order valence-corrected chi connectivity index (χ0v) is 22.2. The van der Waals surface area contributed by atoms with Crippen LogP contribution in [0.1, 0.15) is 32.3 Å². The molecule has 0 saturated carbocycles. The number of benzene rings is 2. The Hall–Kier alpha value is -2.20. The summed E-state index contributed by atoms with van der Waals surface area (Å²) in [5.74, 6) is 2.58. The number of ether oxygens (including phenoxy) is 2. The molecule has 0 aliphatic carbocycles. The number of hydrogen-bond acceptors (Lipinski definition) is 5. The number of nitrogens with one attached hydrogen (secondary N) is 2. The molecule has 2 aromatic carbocycles. The first-order chi connectivity index (χ1) is 15.7. The van der Waals surface area contributed by atoms with Gasteiger partial charge in [-0.05, 0) is 62.4 Å². The van der Waals surface area contributed by atoms with Crippen LogP contribution in [-0.2, 0) is 6.54 Å². The lowest BCUT2D eigenvalue weighted by atomic mass is 9.97. The van der Waals surface area contributed by atoms with Gasteiger partial charge in [0, 0.05) is 43.7 Å². The molecule has 0 unspecified atom stereocenters. The van der Waals surface area contributed by atoms with Gasteiger partial charge in [-0.2, -0.15) is 0 Å². The number of guanidine groups is 1. The summed E-state index contributed by atoms with van der Waals surface area (Å²) in [4.78, 5) is 7.13. The predicted octanol–water partition coefficient (Wildman–Crippen LogP) is 4.50. The lowest BCUT2D eigenvalue weighted by Gasteiger charge is -2.32. The fourth-order valence-electron chi connectivity index (χ4n) is 3.82. The molecule has 0 radical (unpaired) electrons. The summed E-state index contributed by atoms with van der Waals surface area (Å²) in [7, 11) is 1.64. The molecule has 1 saturated heterocycles. The number of halogens is 1. The van der Waals surface area contributed by atoms with Crippen LogP contribution in [0.15, 0.2) is 47.5 Å². The normalized spacial score (nSPS) is 14.4. The van der Waals surface area contributed by atoms with Gasteiger partial charge in [0.1, 0.15) is 0 Å². The summed E-state index contributed by atoms with van der Waals surface area (Å²) in [5, 5.41) is 16.0. The van der Waals surface area contributed by atoms with Crippen LogP contribution in [-0.4, -0.2) is 51.0 Å². The molecule has 1 heterocycles. The third-order valence-electron chi connectivity index (χ3n) is 5.66. The van der Waals surface area contributed by atoms with Crippen LogP contribution in [0.5, 0.6) is 11.5 Å². The van der Waals surface area contributed by atoms with Crippen molar-refractivity contribution in [3.63, 3.8) is 0 Å². The molecule has 182 valence electrons. The predicted molar refractivity (Wildman–Crippen MR) is 146 cm³/mol. The van der Waals surface area contributed by atoms with E-state index in [1.54, 1.807) is 7.11 Å². The van der Waals surface area contributed by atoms with Crippen molar-refractivity contribution in [2.24, 2.45) is 10.9 Å². The maximum absolute atomic E-state index is 9.33. The summed E-state index contributed by atoms with van der Waals surface area (Å²) in [6.07, 6.45) is 2.10. The number of methoxy groups -OCH3 is 1. The highest BCUT2D eigenvalue weighted by Gasteiger charge is 2.18. The first-order valence-corrected chi connectivity index (χ1v) is 11.5. The van der Waals surface area contributed by atoms with Crippen molar-refractivity contribution in [3.8, 4) is 11.5 Å². The van der Waals surface area contributed by atoms with Gasteiger partial charge in [-0.3, -0.25) is 0 Å². The molecule has 0 bridgehead atoms. The molecule has 0 spiro atoms.